The van der Waals surface area contributed by atoms with Gasteiger partial charge in [0.25, 0.3) is 0 Å². The molecule has 0 atom stereocenters. The molecule has 1 N–H and O–H groups in total. The predicted molar refractivity (Wildman–Crippen MR) is 61.1 cm³/mol. The van der Waals surface area contributed by atoms with Crippen LogP contribution < -0.4 is 0 Å². The monoisotopic (exact) mass is 241 g/mol. The summed E-state index contributed by atoms with van der Waals surface area (Å²) in [4.78, 5) is 1.24. The molecule has 15 heavy (non-hydrogen) atoms. The molecule has 0 aliphatic heterocycles. The highest BCUT2D eigenvalue weighted by molar-refractivity contribution is 7.98. The lowest BCUT2D eigenvalue weighted by Crippen LogP contribution is -2.05. The van der Waals surface area contributed by atoms with Crippen molar-refractivity contribution < 1.29 is 5.11 Å². The Morgan fingerprint density at radius 2 is 2.40 bits per heavy atom. The fraction of sp³-hybridized carbons (Fsp3) is 0.333. The van der Waals surface area contributed by atoms with Crippen LogP contribution in [0.1, 0.15) is 10.7 Å². The van der Waals surface area contributed by atoms with Crippen LogP contribution in [0.5, 0.6) is 0 Å². The number of aromatic nitrogens is 3. The fourth-order valence-corrected chi connectivity index (χ4v) is 2.51. The first-order chi connectivity index (χ1) is 7.35. The summed E-state index contributed by atoms with van der Waals surface area (Å²) in [6.07, 6.45) is 1.95. The van der Waals surface area contributed by atoms with Gasteiger partial charge in [-0.25, -0.2) is 0 Å². The van der Waals surface area contributed by atoms with E-state index in [1.165, 1.54) is 16.6 Å². The second-order valence-electron chi connectivity index (χ2n) is 2.93. The van der Waals surface area contributed by atoms with E-state index in [9.17, 15) is 0 Å². The Morgan fingerprint density at radius 3 is 3.00 bits per heavy atom. The fourth-order valence-electron chi connectivity index (χ4n) is 1.30. The van der Waals surface area contributed by atoms with Gasteiger partial charge >= 0.3 is 0 Å². The number of hydrogen-bond acceptors (Lipinski definition) is 5. The van der Waals surface area contributed by atoms with Gasteiger partial charge in [0, 0.05) is 4.88 Å². The summed E-state index contributed by atoms with van der Waals surface area (Å²) in [5, 5.41) is 19.9. The number of aliphatic hydroxyl groups is 1. The van der Waals surface area contributed by atoms with Gasteiger partial charge in [-0.3, -0.25) is 4.57 Å². The van der Waals surface area contributed by atoms with Crippen LogP contribution in [0.3, 0.4) is 0 Å². The van der Waals surface area contributed by atoms with E-state index in [1.807, 2.05) is 22.3 Å². The third-order valence-electron chi connectivity index (χ3n) is 2.01. The summed E-state index contributed by atoms with van der Waals surface area (Å²) in [6.45, 7) is 0.662. The minimum Gasteiger partial charge on any atom is -0.388 e. The molecular weight excluding hydrogens is 230 g/mol. The molecule has 2 aromatic heterocycles. The van der Waals surface area contributed by atoms with Crippen LogP contribution in [0, 0.1) is 0 Å². The van der Waals surface area contributed by atoms with Gasteiger partial charge in [0.05, 0.1) is 6.54 Å². The molecule has 4 nitrogen and oxygen atoms in total. The Kier molecular flexibility index (Phi) is 3.40. The predicted octanol–water partition coefficient (Wildman–Crippen LogP) is 1.60. The van der Waals surface area contributed by atoms with Crippen molar-refractivity contribution >= 4 is 23.1 Å². The molecule has 2 aromatic rings. The summed E-state index contributed by atoms with van der Waals surface area (Å²) >= 11 is 3.23. The van der Waals surface area contributed by atoms with Gasteiger partial charge in [-0.2, -0.15) is 0 Å². The Bertz CT molecular complexity index is 403. The Morgan fingerprint density at radius 1 is 1.53 bits per heavy atom. The Balaban J connectivity index is 2.29. The van der Waals surface area contributed by atoms with E-state index < -0.39 is 0 Å². The van der Waals surface area contributed by atoms with Gasteiger partial charge in [0.15, 0.2) is 11.0 Å². The molecule has 80 valence electrons. The minimum atomic E-state index is -0.0705. The molecule has 0 fully saturated rings. The van der Waals surface area contributed by atoms with Crippen molar-refractivity contribution in [1.82, 2.24) is 14.8 Å². The SMILES string of the molecule is CSc1nnc(CO)n1Cc1cccs1. The third kappa shape index (κ3) is 2.22. The quantitative estimate of drug-likeness (QED) is 0.826. The zero-order chi connectivity index (χ0) is 10.7. The van der Waals surface area contributed by atoms with Crippen LogP contribution in [-0.2, 0) is 13.2 Å². The molecule has 0 saturated heterocycles. The number of rotatable bonds is 4. The largest absolute Gasteiger partial charge is 0.388 e. The zero-order valence-electron chi connectivity index (χ0n) is 8.25. The second-order valence-corrected chi connectivity index (χ2v) is 4.73. The van der Waals surface area contributed by atoms with Crippen molar-refractivity contribution in [3.63, 3.8) is 0 Å². The third-order valence-corrected chi connectivity index (χ3v) is 3.54. The first-order valence-corrected chi connectivity index (χ1v) is 6.55. The van der Waals surface area contributed by atoms with Gasteiger partial charge in [0.2, 0.25) is 0 Å². The van der Waals surface area contributed by atoms with E-state index in [4.69, 9.17) is 5.11 Å². The first-order valence-electron chi connectivity index (χ1n) is 4.44. The molecule has 2 rings (SSSR count). The maximum Gasteiger partial charge on any atom is 0.191 e. The average molecular weight is 241 g/mol. The van der Waals surface area contributed by atoms with E-state index in [1.54, 1.807) is 11.3 Å². The summed E-state index contributed by atoms with van der Waals surface area (Å²) in [5.74, 6) is 0.618. The summed E-state index contributed by atoms with van der Waals surface area (Å²) in [5.41, 5.74) is 0. The molecular formula is C9H11N3OS2. The maximum absolute atomic E-state index is 9.13. The number of nitrogens with zero attached hydrogens (tertiary/aromatic N) is 3. The Labute approximate surface area is 96.0 Å². The topological polar surface area (TPSA) is 50.9 Å². The molecule has 0 radical (unpaired) electrons. The minimum absolute atomic E-state index is 0.0705. The van der Waals surface area contributed by atoms with Gasteiger partial charge in [-0.05, 0) is 17.7 Å². The van der Waals surface area contributed by atoms with Gasteiger partial charge in [-0.1, -0.05) is 17.8 Å². The molecule has 0 unspecified atom stereocenters. The van der Waals surface area contributed by atoms with Crippen molar-refractivity contribution in [2.75, 3.05) is 6.26 Å². The van der Waals surface area contributed by atoms with Gasteiger partial charge < -0.3 is 5.11 Å². The lowest BCUT2D eigenvalue weighted by molar-refractivity contribution is 0.264. The van der Waals surface area contributed by atoms with E-state index >= 15 is 0 Å². The van der Waals surface area contributed by atoms with E-state index in [2.05, 4.69) is 16.3 Å². The van der Waals surface area contributed by atoms with E-state index in [-0.39, 0.29) is 6.61 Å². The first kappa shape index (κ1) is 10.7. The number of thiophene rings is 1. The lowest BCUT2D eigenvalue weighted by Gasteiger charge is -2.05. The lowest BCUT2D eigenvalue weighted by atomic mass is 10.4. The maximum atomic E-state index is 9.13. The van der Waals surface area contributed by atoms with Crippen molar-refractivity contribution in [3.05, 3.63) is 28.2 Å². The number of thioether (sulfide) groups is 1. The molecule has 0 saturated carbocycles. The highest BCUT2D eigenvalue weighted by Gasteiger charge is 2.10. The summed E-state index contributed by atoms with van der Waals surface area (Å²) in [6, 6.07) is 4.08. The van der Waals surface area contributed by atoms with Crippen LogP contribution in [0.2, 0.25) is 0 Å². The zero-order valence-corrected chi connectivity index (χ0v) is 9.88. The average Bonchev–Trinajstić information content (AvgIpc) is 2.87. The highest BCUT2D eigenvalue weighted by Crippen LogP contribution is 2.18. The van der Waals surface area contributed by atoms with Gasteiger partial charge in [-0.15, -0.1) is 21.5 Å². The van der Waals surface area contributed by atoms with E-state index in [0.717, 1.165) is 11.7 Å². The van der Waals surface area contributed by atoms with Crippen molar-refractivity contribution in [2.45, 2.75) is 18.3 Å². The van der Waals surface area contributed by atoms with Crippen LogP contribution in [-0.4, -0.2) is 26.1 Å². The smallest absolute Gasteiger partial charge is 0.191 e. The summed E-state index contributed by atoms with van der Waals surface area (Å²) < 4.78 is 1.94. The molecule has 0 aliphatic rings. The molecule has 0 aromatic carbocycles. The molecule has 0 spiro atoms. The van der Waals surface area contributed by atoms with E-state index in [0.29, 0.717) is 5.82 Å². The molecule has 0 bridgehead atoms. The molecule has 0 aliphatic carbocycles. The van der Waals surface area contributed by atoms with Crippen LogP contribution in [0.15, 0.2) is 22.7 Å². The molecule has 6 heteroatoms. The normalized spacial score (nSPS) is 10.8. The Hall–Kier alpha value is -0.850. The standard InChI is InChI=1S/C9H11N3OS2/c1-14-9-11-10-8(6-13)12(9)5-7-3-2-4-15-7/h2-4,13H,5-6H2,1H3. The molecule has 0 amide bonds. The van der Waals surface area contributed by atoms with Gasteiger partial charge in [0.1, 0.15) is 6.61 Å². The molecule has 2 heterocycles. The highest BCUT2D eigenvalue weighted by atomic mass is 32.2. The van der Waals surface area contributed by atoms with Crippen LogP contribution in [0.4, 0.5) is 0 Å². The number of aliphatic hydroxyl groups excluding tert-OH is 1. The van der Waals surface area contributed by atoms with Crippen molar-refractivity contribution in [2.24, 2.45) is 0 Å². The second kappa shape index (κ2) is 4.78. The van der Waals surface area contributed by atoms with Crippen molar-refractivity contribution in [3.8, 4) is 0 Å². The van der Waals surface area contributed by atoms with Crippen LogP contribution in [0.25, 0.3) is 0 Å². The number of hydrogen-bond donors (Lipinski definition) is 1. The van der Waals surface area contributed by atoms with Crippen LogP contribution >= 0.6 is 23.1 Å². The summed E-state index contributed by atoms with van der Waals surface area (Å²) in [7, 11) is 0. The van der Waals surface area contributed by atoms with Crippen molar-refractivity contribution in [1.29, 1.82) is 0 Å².